The van der Waals surface area contributed by atoms with Gasteiger partial charge >= 0.3 is 0 Å². The summed E-state index contributed by atoms with van der Waals surface area (Å²) in [5.41, 5.74) is 0. The molecule has 5 nitrogen and oxygen atoms in total. The summed E-state index contributed by atoms with van der Waals surface area (Å²) in [6.45, 7) is 4.12. The Hall–Kier alpha value is -1.30. The summed E-state index contributed by atoms with van der Waals surface area (Å²) >= 11 is 0. The van der Waals surface area contributed by atoms with E-state index >= 15 is 0 Å². The van der Waals surface area contributed by atoms with Crippen LogP contribution in [0.4, 0.5) is 0 Å². The van der Waals surface area contributed by atoms with Gasteiger partial charge in [-0.2, -0.15) is 0 Å². The van der Waals surface area contributed by atoms with E-state index in [0.717, 1.165) is 5.76 Å². The number of hydrogen-bond donors (Lipinski definition) is 0. The van der Waals surface area contributed by atoms with E-state index < -0.39 is 9.84 Å². The van der Waals surface area contributed by atoms with Crippen LogP contribution in [-0.2, 0) is 21.1 Å². The summed E-state index contributed by atoms with van der Waals surface area (Å²) in [7, 11) is -3.08. The normalized spacial score (nSPS) is 13.2. The fourth-order valence-corrected chi connectivity index (χ4v) is 3.15. The Kier molecular flexibility index (Phi) is 5.60. The van der Waals surface area contributed by atoms with E-state index in [1.54, 1.807) is 24.2 Å². The van der Waals surface area contributed by atoms with E-state index in [4.69, 9.17) is 4.42 Å². The summed E-state index contributed by atoms with van der Waals surface area (Å²) in [5, 5.41) is 0. The van der Waals surface area contributed by atoms with Crippen molar-refractivity contribution >= 4 is 15.7 Å². The summed E-state index contributed by atoms with van der Waals surface area (Å²) < 4.78 is 27.7. The van der Waals surface area contributed by atoms with E-state index in [0.29, 0.717) is 19.4 Å². The van der Waals surface area contributed by atoms with E-state index in [2.05, 4.69) is 0 Å². The number of rotatable bonds is 7. The number of furan rings is 1. The third-order valence-electron chi connectivity index (χ3n) is 2.90. The summed E-state index contributed by atoms with van der Waals surface area (Å²) in [4.78, 5) is 13.7. The van der Waals surface area contributed by atoms with Gasteiger partial charge in [0.1, 0.15) is 15.6 Å². The van der Waals surface area contributed by atoms with Crippen LogP contribution in [0.1, 0.15) is 26.0 Å². The highest BCUT2D eigenvalue weighted by Crippen LogP contribution is 2.09. The smallest absolute Gasteiger partial charge is 0.223 e. The first kappa shape index (κ1) is 15.8. The predicted molar refractivity (Wildman–Crippen MR) is 73.6 cm³/mol. The summed E-state index contributed by atoms with van der Waals surface area (Å²) in [6.07, 6.45) is 3.62. The number of carbonyl (C=O) groups excluding carboxylic acids is 1. The molecule has 0 spiro atoms. The summed E-state index contributed by atoms with van der Waals surface area (Å²) in [6, 6.07) is 3.30. The fourth-order valence-electron chi connectivity index (χ4n) is 2.09. The molecule has 1 amide bonds. The number of amides is 1. The van der Waals surface area contributed by atoms with Crippen LogP contribution >= 0.6 is 0 Å². The van der Waals surface area contributed by atoms with E-state index in [9.17, 15) is 13.2 Å². The monoisotopic (exact) mass is 287 g/mol. The van der Waals surface area contributed by atoms with Gasteiger partial charge in [-0.25, -0.2) is 8.42 Å². The number of nitrogens with zero attached hydrogens (tertiary/aromatic N) is 1. The van der Waals surface area contributed by atoms with Crippen molar-refractivity contribution < 1.29 is 17.6 Å². The van der Waals surface area contributed by atoms with Gasteiger partial charge in [0.05, 0.1) is 12.0 Å². The lowest BCUT2D eigenvalue weighted by molar-refractivity contribution is -0.132. The van der Waals surface area contributed by atoms with Crippen LogP contribution < -0.4 is 0 Å². The molecule has 1 heterocycles. The molecular weight excluding hydrogens is 266 g/mol. The zero-order valence-corrected chi connectivity index (χ0v) is 12.4. The van der Waals surface area contributed by atoms with Crippen LogP contribution in [-0.4, -0.2) is 43.8 Å². The highest BCUT2D eigenvalue weighted by atomic mass is 32.2. The highest BCUT2D eigenvalue weighted by Gasteiger charge is 2.21. The lowest BCUT2D eigenvalue weighted by Crippen LogP contribution is -2.42. The van der Waals surface area contributed by atoms with Crippen molar-refractivity contribution in [2.24, 2.45) is 0 Å². The molecule has 6 heteroatoms. The molecule has 0 saturated carbocycles. The van der Waals surface area contributed by atoms with Gasteiger partial charge in [-0.05, 0) is 26.0 Å². The molecule has 0 aliphatic heterocycles. The number of sulfone groups is 1. The van der Waals surface area contributed by atoms with Crippen molar-refractivity contribution in [3.05, 3.63) is 24.2 Å². The minimum atomic E-state index is -3.08. The van der Waals surface area contributed by atoms with Gasteiger partial charge in [0.2, 0.25) is 5.91 Å². The summed E-state index contributed by atoms with van der Waals surface area (Å²) in [5.74, 6) is 0.711. The van der Waals surface area contributed by atoms with Crippen LogP contribution in [0.5, 0.6) is 0 Å². The molecule has 0 N–H and O–H groups in total. The molecule has 1 rings (SSSR count). The van der Waals surface area contributed by atoms with Gasteiger partial charge in [-0.1, -0.05) is 0 Å². The zero-order chi connectivity index (χ0) is 14.5. The highest BCUT2D eigenvalue weighted by molar-refractivity contribution is 7.90. The Morgan fingerprint density at radius 2 is 2.16 bits per heavy atom. The van der Waals surface area contributed by atoms with Gasteiger partial charge in [-0.15, -0.1) is 0 Å². The molecule has 0 aliphatic carbocycles. The molecule has 0 saturated heterocycles. The second-order valence-corrected chi connectivity index (χ2v) is 6.89. The molecule has 108 valence electrons. The Morgan fingerprint density at radius 1 is 1.47 bits per heavy atom. The van der Waals surface area contributed by atoms with Gasteiger partial charge in [0, 0.05) is 31.7 Å². The Bertz CT molecular complexity index is 493. The molecule has 0 bridgehead atoms. The predicted octanol–water partition coefficient (Wildman–Crippen LogP) is 1.49. The van der Waals surface area contributed by atoms with Crippen LogP contribution in [0.15, 0.2) is 22.8 Å². The largest absolute Gasteiger partial charge is 0.469 e. The van der Waals surface area contributed by atoms with Gasteiger partial charge in [-0.3, -0.25) is 4.79 Å². The SMILES string of the molecule is CCN(C(=O)CCc1ccco1)[C@@H](C)CS(C)(=O)=O. The Balaban J connectivity index is 2.56. The van der Waals surface area contributed by atoms with Crippen LogP contribution in [0, 0.1) is 0 Å². The van der Waals surface area contributed by atoms with Crippen molar-refractivity contribution in [3.63, 3.8) is 0 Å². The molecule has 0 radical (unpaired) electrons. The van der Waals surface area contributed by atoms with Crippen molar-refractivity contribution in [2.45, 2.75) is 32.7 Å². The number of hydrogen-bond acceptors (Lipinski definition) is 4. The molecule has 0 aliphatic rings. The molecular formula is C13H21NO4S. The lowest BCUT2D eigenvalue weighted by atomic mass is 10.2. The Morgan fingerprint density at radius 3 is 2.63 bits per heavy atom. The van der Waals surface area contributed by atoms with Crippen molar-refractivity contribution in [1.29, 1.82) is 0 Å². The molecule has 1 aromatic heterocycles. The average molecular weight is 287 g/mol. The second-order valence-electron chi connectivity index (χ2n) is 4.70. The van der Waals surface area contributed by atoms with Crippen LogP contribution in [0.3, 0.4) is 0 Å². The van der Waals surface area contributed by atoms with Crippen LogP contribution in [0.25, 0.3) is 0 Å². The van der Waals surface area contributed by atoms with E-state index in [-0.39, 0.29) is 17.7 Å². The third-order valence-corrected chi connectivity index (χ3v) is 3.99. The number of carbonyl (C=O) groups is 1. The van der Waals surface area contributed by atoms with Gasteiger partial charge in [0.25, 0.3) is 0 Å². The molecule has 0 aromatic carbocycles. The van der Waals surface area contributed by atoms with Crippen molar-refractivity contribution in [3.8, 4) is 0 Å². The molecule has 1 atom stereocenters. The van der Waals surface area contributed by atoms with Gasteiger partial charge in [0.15, 0.2) is 0 Å². The molecule has 0 fully saturated rings. The minimum Gasteiger partial charge on any atom is -0.469 e. The quantitative estimate of drug-likeness (QED) is 0.762. The molecule has 0 unspecified atom stereocenters. The number of aryl methyl sites for hydroxylation is 1. The first-order valence-electron chi connectivity index (χ1n) is 6.33. The van der Waals surface area contributed by atoms with Crippen LogP contribution in [0.2, 0.25) is 0 Å². The maximum absolute atomic E-state index is 12.1. The fraction of sp³-hybridized carbons (Fsp3) is 0.615. The average Bonchev–Trinajstić information content (AvgIpc) is 2.77. The maximum Gasteiger partial charge on any atom is 0.223 e. The third kappa shape index (κ3) is 5.46. The van der Waals surface area contributed by atoms with Gasteiger partial charge < -0.3 is 9.32 Å². The molecule has 19 heavy (non-hydrogen) atoms. The van der Waals surface area contributed by atoms with Crippen molar-refractivity contribution in [1.82, 2.24) is 4.90 Å². The van der Waals surface area contributed by atoms with Crippen molar-refractivity contribution in [2.75, 3.05) is 18.6 Å². The standard InChI is InChI=1S/C13H21NO4S/c1-4-14(11(2)10-19(3,16)17)13(15)8-7-12-6-5-9-18-12/h5-6,9,11H,4,7-8,10H2,1-3H3/t11-/m0/s1. The second kappa shape index (κ2) is 6.75. The first-order valence-corrected chi connectivity index (χ1v) is 8.39. The first-order chi connectivity index (χ1) is 8.83. The Labute approximate surface area is 114 Å². The minimum absolute atomic E-state index is 0.00662. The maximum atomic E-state index is 12.1. The lowest BCUT2D eigenvalue weighted by Gasteiger charge is -2.27. The topological polar surface area (TPSA) is 67.6 Å². The molecule has 1 aromatic rings. The van der Waals surface area contributed by atoms with E-state index in [1.807, 2.05) is 13.0 Å². The zero-order valence-electron chi connectivity index (χ0n) is 11.6. The van der Waals surface area contributed by atoms with E-state index in [1.165, 1.54) is 6.26 Å².